The Morgan fingerprint density at radius 3 is 2.61 bits per heavy atom. The number of carbonyl (C=O) groups is 2. The van der Waals surface area contributed by atoms with Gasteiger partial charge in [-0.1, -0.05) is 11.6 Å². The van der Waals surface area contributed by atoms with Crippen molar-refractivity contribution in [3.05, 3.63) is 40.8 Å². The quantitative estimate of drug-likeness (QED) is 0.773. The number of fused-ring (bicyclic) bond motifs is 1. The van der Waals surface area contributed by atoms with Crippen LogP contribution in [-0.2, 0) is 9.59 Å². The molecule has 0 atom stereocenters. The first-order valence-electron chi connectivity index (χ1n) is 5.10. The van der Waals surface area contributed by atoms with Crippen LogP contribution in [0.5, 0.6) is 0 Å². The molecular weight excluding hydrogens is 259 g/mol. The fraction of sp³-hybridized carbons (Fsp3) is 0. The first kappa shape index (κ1) is 11.0. The molecule has 2 N–H and O–H groups in total. The molecule has 0 radical (unpaired) electrons. The van der Waals surface area contributed by atoms with Gasteiger partial charge in [-0.05, 0) is 18.2 Å². The van der Waals surface area contributed by atoms with Gasteiger partial charge in [-0.15, -0.1) is 0 Å². The standard InChI is InChI=1S/C12H6ClFN2O2/c13-10-9(11(17)16-12(10)18)7-4-15-8-3-5(14)1-2-6(7)8/h1-4,15H,(H,16,17,18). The summed E-state index contributed by atoms with van der Waals surface area (Å²) in [4.78, 5) is 25.8. The van der Waals surface area contributed by atoms with Crippen LogP contribution in [0, 0.1) is 5.82 Å². The van der Waals surface area contributed by atoms with Crippen molar-refractivity contribution in [3.8, 4) is 0 Å². The molecule has 1 aromatic heterocycles. The number of aromatic amines is 1. The maximum atomic E-state index is 13.0. The van der Waals surface area contributed by atoms with E-state index in [2.05, 4.69) is 10.3 Å². The summed E-state index contributed by atoms with van der Waals surface area (Å²) in [5, 5.41) is 2.59. The van der Waals surface area contributed by atoms with Gasteiger partial charge in [-0.3, -0.25) is 14.9 Å². The number of benzene rings is 1. The Morgan fingerprint density at radius 2 is 1.94 bits per heavy atom. The summed E-state index contributed by atoms with van der Waals surface area (Å²) in [7, 11) is 0. The molecule has 90 valence electrons. The van der Waals surface area contributed by atoms with Gasteiger partial charge in [-0.2, -0.15) is 0 Å². The number of aromatic nitrogens is 1. The van der Waals surface area contributed by atoms with E-state index in [9.17, 15) is 14.0 Å². The third kappa shape index (κ3) is 1.44. The van der Waals surface area contributed by atoms with Gasteiger partial charge >= 0.3 is 0 Å². The van der Waals surface area contributed by atoms with Gasteiger partial charge in [0.2, 0.25) is 0 Å². The lowest BCUT2D eigenvalue weighted by Gasteiger charge is -1.98. The first-order chi connectivity index (χ1) is 8.58. The number of carbonyl (C=O) groups excluding carboxylic acids is 2. The molecule has 18 heavy (non-hydrogen) atoms. The second-order valence-corrected chi connectivity index (χ2v) is 4.24. The van der Waals surface area contributed by atoms with E-state index in [0.29, 0.717) is 16.5 Å². The molecular formula is C12H6ClFN2O2. The minimum Gasteiger partial charge on any atom is -0.360 e. The number of amides is 2. The SMILES string of the molecule is O=C1NC(=O)C(c2c[nH]c3cc(F)ccc23)=C1Cl. The number of nitrogens with one attached hydrogen (secondary N) is 2. The predicted octanol–water partition coefficient (Wildman–Crippen LogP) is 1.91. The van der Waals surface area contributed by atoms with E-state index < -0.39 is 11.8 Å². The van der Waals surface area contributed by atoms with Crippen molar-refractivity contribution in [1.29, 1.82) is 0 Å². The highest BCUT2D eigenvalue weighted by molar-refractivity contribution is 6.55. The van der Waals surface area contributed by atoms with Crippen LogP contribution in [0.2, 0.25) is 0 Å². The number of hydrogen-bond donors (Lipinski definition) is 2. The highest BCUT2D eigenvalue weighted by Crippen LogP contribution is 2.31. The second-order valence-electron chi connectivity index (χ2n) is 3.86. The molecule has 0 fully saturated rings. The zero-order valence-corrected chi connectivity index (χ0v) is 9.64. The van der Waals surface area contributed by atoms with Crippen LogP contribution in [0.4, 0.5) is 4.39 Å². The summed E-state index contributed by atoms with van der Waals surface area (Å²) in [5.41, 5.74) is 1.13. The minimum atomic E-state index is -0.617. The number of hydrogen-bond acceptors (Lipinski definition) is 2. The van der Waals surface area contributed by atoms with Crippen LogP contribution in [0.25, 0.3) is 16.5 Å². The Kier molecular flexibility index (Phi) is 2.24. The molecule has 0 unspecified atom stereocenters. The van der Waals surface area contributed by atoms with Crippen molar-refractivity contribution in [1.82, 2.24) is 10.3 Å². The lowest BCUT2D eigenvalue weighted by molar-refractivity contribution is -0.123. The number of rotatable bonds is 1. The average Bonchev–Trinajstić information content (AvgIpc) is 2.81. The average molecular weight is 265 g/mol. The van der Waals surface area contributed by atoms with Crippen LogP contribution in [0.1, 0.15) is 5.56 Å². The maximum Gasteiger partial charge on any atom is 0.270 e. The van der Waals surface area contributed by atoms with Gasteiger partial charge in [0.25, 0.3) is 11.8 Å². The van der Waals surface area contributed by atoms with Gasteiger partial charge in [0, 0.05) is 22.7 Å². The summed E-state index contributed by atoms with van der Waals surface area (Å²) in [6, 6.07) is 4.12. The fourth-order valence-electron chi connectivity index (χ4n) is 1.98. The lowest BCUT2D eigenvalue weighted by Crippen LogP contribution is -2.22. The highest BCUT2D eigenvalue weighted by atomic mass is 35.5. The normalized spacial score (nSPS) is 15.7. The molecule has 2 heterocycles. The summed E-state index contributed by atoms with van der Waals surface area (Å²) < 4.78 is 13.0. The Morgan fingerprint density at radius 1 is 1.17 bits per heavy atom. The largest absolute Gasteiger partial charge is 0.360 e. The van der Waals surface area contributed by atoms with E-state index in [1.54, 1.807) is 0 Å². The van der Waals surface area contributed by atoms with Crippen molar-refractivity contribution in [3.63, 3.8) is 0 Å². The van der Waals surface area contributed by atoms with Crippen LogP contribution < -0.4 is 5.32 Å². The van der Waals surface area contributed by atoms with Crippen molar-refractivity contribution >= 4 is 39.9 Å². The molecule has 0 spiro atoms. The first-order valence-corrected chi connectivity index (χ1v) is 5.48. The lowest BCUT2D eigenvalue weighted by atomic mass is 10.1. The number of halogens is 2. The topological polar surface area (TPSA) is 62.0 Å². The summed E-state index contributed by atoms with van der Waals surface area (Å²) in [6.45, 7) is 0. The van der Waals surface area contributed by atoms with Crippen LogP contribution in [0.3, 0.4) is 0 Å². The van der Waals surface area contributed by atoms with E-state index in [-0.39, 0.29) is 16.4 Å². The van der Waals surface area contributed by atoms with Gasteiger partial charge in [0.1, 0.15) is 10.8 Å². The number of H-pyrrole nitrogens is 1. The fourth-order valence-corrected chi connectivity index (χ4v) is 2.21. The summed E-state index contributed by atoms with van der Waals surface area (Å²) in [5.74, 6) is -1.55. The third-order valence-corrected chi connectivity index (χ3v) is 3.15. The second kappa shape index (κ2) is 3.68. The van der Waals surface area contributed by atoms with Gasteiger partial charge in [-0.25, -0.2) is 4.39 Å². The molecule has 1 aliphatic heterocycles. The van der Waals surface area contributed by atoms with E-state index in [0.717, 1.165) is 0 Å². The van der Waals surface area contributed by atoms with Gasteiger partial charge in [0.05, 0.1) is 5.57 Å². The Balaban J connectivity index is 2.28. The predicted molar refractivity (Wildman–Crippen MR) is 64.2 cm³/mol. The maximum absolute atomic E-state index is 13.0. The molecule has 0 aliphatic carbocycles. The molecule has 0 bridgehead atoms. The molecule has 3 rings (SSSR count). The Bertz CT molecular complexity index is 733. The molecule has 0 saturated heterocycles. The van der Waals surface area contributed by atoms with Crippen LogP contribution >= 0.6 is 11.6 Å². The highest BCUT2D eigenvalue weighted by Gasteiger charge is 2.31. The molecule has 2 aromatic rings. The van der Waals surface area contributed by atoms with Crippen LogP contribution in [0.15, 0.2) is 29.4 Å². The van der Waals surface area contributed by atoms with E-state index in [1.165, 1.54) is 24.4 Å². The molecule has 6 heteroatoms. The smallest absolute Gasteiger partial charge is 0.270 e. The molecule has 1 aliphatic rings. The van der Waals surface area contributed by atoms with Crippen molar-refractivity contribution in [2.75, 3.05) is 0 Å². The number of imide groups is 1. The zero-order valence-electron chi connectivity index (χ0n) is 8.88. The Labute approximate surface area is 105 Å². The zero-order chi connectivity index (χ0) is 12.9. The van der Waals surface area contributed by atoms with E-state index >= 15 is 0 Å². The molecule has 2 amide bonds. The monoisotopic (exact) mass is 264 g/mol. The van der Waals surface area contributed by atoms with E-state index in [1.807, 2.05) is 0 Å². The van der Waals surface area contributed by atoms with Crippen LogP contribution in [-0.4, -0.2) is 16.8 Å². The van der Waals surface area contributed by atoms with Crippen molar-refractivity contribution < 1.29 is 14.0 Å². The molecule has 4 nitrogen and oxygen atoms in total. The summed E-state index contributed by atoms with van der Waals surface area (Å²) in [6.07, 6.45) is 1.53. The van der Waals surface area contributed by atoms with Crippen molar-refractivity contribution in [2.45, 2.75) is 0 Å². The van der Waals surface area contributed by atoms with Gasteiger partial charge < -0.3 is 4.98 Å². The van der Waals surface area contributed by atoms with Crippen molar-refractivity contribution in [2.24, 2.45) is 0 Å². The molecule has 0 saturated carbocycles. The van der Waals surface area contributed by atoms with Gasteiger partial charge in [0.15, 0.2) is 0 Å². The molecule has 1 aromatic carbocycles. The Hall–Kier alpha value is -2.14. The minimum absolute atomic E-state index is 0.111. The third-order valence-electron chi connectivity index (χ3n) is 2.79. The van der Waals surface area contributed by atoms with E-state index in [4.69, 9.17) is 11.6 Å². The summed E-state index contributed by atoms with van der Waals surface area (Å²) >= 11 is 5.81.